The average Bonchev–Trinajstić information content (AvgIpc) is 3.63. The van der Waals surface area contributed by atoms with Gasteiger partial charge >= 0.3 is 31.7 Å². The zero-order valence-corrected chi connectivity index (χ0v) is 45.4. The van der Waals surface area contributed by atoms with Crippen molar-refractivity contribution in [2.75, 3.05) is 6.61 Å². The summed E-state index contributed by atoms with van der Waals surface area (Å²) in [4.78, 5) is 65.5. The van der Waals surface area contributed by atoms with Crippen LogP contribution in [0.5, 0.6) is 0 Å². The zero-order valence-electron chi connectivity index (χ0n) is 44.5. The van der Waals surface area contributed by atoms with Gasteiger partial charge in [-0.1, -0.05) is 266 Å². The number of unbranched alkanes of at least 4 members (excludes halogenated alkanes) is 35. The van der Waals surface area contributed by atoms with Gasteiger partial charge in [-0.2, -0.15) is 0 Å². The highest BCUT2D eigenvalue weighted by molar-refractivity contribution is 7.48. The van der Waals surface area contributed by atoms with Gasteiger partial charge in [0.25, 0.3) is 0 Å². The normalized spacial score (nSPS) is 15.2. The van der Waals surface area contributed by atoms with Crippen molar-refractivity contribution in [2.24, 2.45) is 5.92 Å². The third-order valence-corrected chi connectivity index (χ3v) is 14.2. The van der Waals surface area contributed by atoms with E-state index in [0.29, 0.717) is 19.3 Å². The molecule has 0 spiro atoms. The lowest BCUT2D eigenvalue weighted by atomic mass is 9.79. The number of ether oxygens (including phenoxy) is 1. The van der Waals surface area contributed by atoms with Crippen molar-refractivity contribution in [1.82, 2.24) is 0 Å². The van der Waals surface area contributed by atoms with Gasteiger partial charge in [0.15, 0.2) is 11.9 Å². The van der Waals surface area contributed by atoms with E-state index in [0.717, 1.165) is 83.5 Å². The summed E-state index contributed by atoms with van der Waals surface area (Å²) < 4.78 is 33.0. The largest absolute Gasteiger partial charge is 0.584 e. The number of aliphatic hydroxyl groups is 4. The Balaban J connectivity index is 2.87. The van der Waals surface area contributed by atoms with Crippen molar-refractivity contribution in [2.45, 2.75) is 296 Å². The summed E-state index contributed by atoms with van der Waals surface area (Å²) in [6.07, 6.45) is 37.9. The van der Waals surface area contributed by atoms with Crippen LogP contribution in [0.4, 0.5) is 0 Å². The lowest BCUT2D eigenvalue weighted by molar-refractivity contribution is -0.300. The van der Waals surface area contributed by atoms with Gasteiger partial charge in [0.05, 0.1) is 12.5 Å². The molecule has 1 unspecified atom stereocenters. The van der Waals surface area contributed by atoms with E-state index in [2.05, 4.69) is 20.8 Å². The first-order valence-electron chi connectivity index (χ1n) is 28.3. The molecule has 1 aliphatic rings. The summed E-state index contributed by atoms with van der Waals surface area (Å²) in [5.41, 5.74) is -2.78. The number of carbonyl (C=O) groups excluding carboxylic acids is 4. The third kappa shape index (κ3) is 32.2. The molecule has 71 heavy (non-hydrogen) atoms. The second-order valence-corrected chi connectivity index (χ2v) is 21.2. The first kappa shape index (κ1) is 66.3. The first-order valence-corrected chi connectivity index (χ1v) is 29.8. The van der Waals surface area contributed by atoms with Crippen LogP contribution in [0, 0.1) is 5.92 Å². The molecule has 0 aliphatic carbocycles. The molecule has 0 amide bonds. The minimum atomic E-state index is -5.40. The molecule has 16 nitrogen and oxygen atoms in total. The van der Waals surface area contributed by atoms with Crippen LogP contribution in [0.25, 0.3) is 0 Å². The minimum absolute atomic E-state index is 0.120. The predicted molar refractivity (Wildman–Crippen MR) is 273 cm³/mol. The summed E-state index contributed by atoms with van der Waals surface area (Å²) in [6, 6.07) is 0. The monoisotopic (exact) mass is 1030 g/mol. The van der Waals surface area contributed by atoms with Crippen LogP contribution in [-0.2, 0) is 57.2 Å². The fraction of sp³-hybridized carbons (Fsp3) is 0.889. The van der Waals surface area contributed by atoms with Crippen LogP contribution >= 0.6 is 7.82 Å². The zero-order chi connectivity index (χ0) is 52.3. The Morgan fingerprint density at radius 1 is 0.507 bits per heavy atom. The van der Waals surface area contributed by atoms with E-state index in [4.69, 9.17) is 33.4 Å². The van der Waals surface area contributed by atoms with Crippen LogP contribution in [-0.4, -0.2) is 62.6 Å². The molecule has 0 aromatic heterocycles. The molecule has 1 rings (SSSR count). The van der Waals surface area contributed by atoms with Gasteiger partial charge in [-0.05, 0) is 19.3 Å². The quantitative estimate of drug-likeness (QED) is 0.0146. The Morgan fingerprint density at radius 2 is 0.803 bits per heavy atom. The summed E-state index contributed by atoms with van der Waals surface area (Å²) in [5, 5.41) is 42.6. The SMILES string of the molecule is CCCCCCCCCCCCCCCC(=O)OOP(=O)(OOC(=O)CCCCCCCCCCCCCCC)OOC(=O)C(CCCCCCCCCCCCCC)[C@](O)(CO)[C@H]1OC(=O)C(O)=C1O. The maximum atomic E-state index is 13.8. The van der Waals surface area contributed by atoms with E-state index in [9.17, 15) is 44.2 Å². The number of phosphoric acid groups is 1. The van der Waals surface area contributed by atoms with Crippen LogP contribution in [0.3, 0.4) is 0 Å². The van der Waals surface area contributed by atoms with E-state index in [1.165, 1.54) is 135 Å². The first-order chi connectivity index (χ1) is 34.4. The van der Waals surface area contributed by atoms with Gasteiger partial charge in [-0.3, -0.25) is 14.7 Å². The Kier molecular flexibility index (Phi) is 40.7. The fourth-order valence-corrected chi connectivity index (χ4v) is 9.52. The van der Waals surface area contributed by atoms with Gasteiger partial charge in [-0.25, -0.2) is 23.7 Å². The molecular formula is C54H99O16P. The molecule has 4 N–H and O–H groups in total. The maximum Gasteiger partial charge on any atom is 0.584 e. The van der Waals surface area contributed by atoms with Crippen molar-refractivity contribution in [3.63, 3.8) is 0 Å². The highest BCUT2D eigenvalue weighted by atomic mass is 31.2. The van der Waals surface area contributed by atoms with Gasteiger partial charge in [0.2, 0.25) is 5.76 Å². The molecule has 0 saturated heterocycles. The van der Waals surface area contributed by atoms with Crippen LogP contribution in [0.1, 0.15) is 284 Å². The third-order valence-electron chi connectivity index (χ3n) is 13.5. The average molecular weight is 1040 g/mol. The lowest BCUT2D eigenvalue weighted by Crippen LogP contribution is -2.56. The van der Waals surface area contributed by atoms with Crippen molar-refractivity contribution in [3.8, 4) is 0 Å². The van der Waals surface area contributed by atoms with E-state index in [-0.39, 0.29) is 25.7 Å². The predicted octanol–water partition coefficient (Wildman–Crippen LogP) is 15.2. The molecular weight excluding hydrogens is 936 g/mol. The van der Waals surface area contributed by atoms with Crippen LogP contribution in [0.15, 0.2) is 11.5 Å². The number of carbonyl (C=O) groups is 4. The number of aliphatic hydroxyl groups excluding tert-OH is 3. The second kappa shape index (κ2) is 43.6. The summed E-state index contributed by atoms with van der Waals surface area (Å²) in [7, 11) is -5.40. The van der Waals surface area contributed by atoms with Gasteiger partial charge in [0.1, 0.15) is 5.60 Å². The highest BCUT2D eigenvalue weighted by Gasteiger charge is 2.56. The van der Waals surface area contributed by atoms with Crippen molar-refractivity contribution in [1.29, 1.82) is 0 Å². The molecule has 0 bridgehead atoms. The Hall–Kier alpha value is -2.75. The maximum absolute atomic E-state index is 13.8. The number of hydrogen-bond donors (Lipinski definition) is 4. The molecule has 0 saturated carbocycles. The molecule has 0 aromatic carbocycles. The number of esters is 1. The van der Waals surface area contributed by atoms with E-state index in [1.54, 1.807) is 0 Å². The van der Waals surface area contributed by atoms with Crippen molar-refractivity contribution in [3.05, 3.63) is 11.5 Å². The molecule has 0 radical (unpaired) electrons. The number of rotatable bonds is 51. The molecule has 17 heteroatoms. The summed E-state index contributed by atoms with van der Waals surface area (Å²) >= 11 is 0. The van der Waals surface area contributed by atoms with E-state index < -0.39 is 67.4 Å². The fourth-order valence-electron chi connectivity index (χ4n) is 8.93. The highest BCUT2D eigenvalue weighted by Crippen LogP contribution is 2.51. The van der Waals surface area contributed by atoms with Crippen molar-refractivity contribution >= 4 is 31.7 Å². The smallest absolute Gasteiger partial charge is 0.505 e. The number of hydrogen-bond acceptors (Lipinski definition) is 16. The topological polar surface area (TPSA) is 231 Å². The van der Waals surface area contributed by atoms with Crippen molar-refractivity contribution < 1.29 is 77.6 Å². The molecule has 0 fully saturated rings. The molecule has 416 valence electrons. The molecule has 1 heterocycles. The van der Waals surface area contributed by atoms with Gasteiger partial charge in [0, 0.05) is 12.8 Å². The summed E-state index contributed by atoms with van der Waals surface area (Å²) in [6.45, 7) is 5.34. The Morgan fingerprint density at radius 3 is 1.10 bits per heavy atom. The van der Waals surface area contributed by atoms with Crippen LogP contribution in [0.2, 0.25) is 0 Å². The van der Waals surface area contributed by atoms with E-state index >= 15 is 0 Å². The molecule has 1 aliphatic heterocycles. The van der Waals surface area contributed by atoms with Gasteiger partial charge in [-0.15, -0.1) is 0 Å². The number of cyclic esters (lactones) is 1. The molecule has 3 atom stereocenters. The van der Waals surface area contributed by atoms with E-state index in [1.807, 2.05) is 0 Å². The molecule has 0 aromatic rings. The second-order valence-electron chi connectivity index (χ2n) is 19.9. The minimum Gasteiger partial charge on any atom is -0.505 e. The van der Waals surface area contributed by atoms with Gasteiger partial charge < -0.3 is 25.2 Å². The lowest BCUT2D eigenvalue weighted by Gasteiger charge is -2.36. The standard InChI is InChI=1S/C54H99O16P/c1-4-7-10-13-16-19-22-25-28-31-34-37-40-43-47(56)65-68-71(63,69-66-48(57)44-41-38-35-32-29-26-23-20-17-14-11-8-5-2)70-67-52(60)46(54(62,45-55)51-49(58)50(59)53(61)64-51)42-39-36-33-30-27-24-21-18-15-12-9-6-3/h46,51,55,58-59,62H,4-45H2,1-3H3/t46?,51-,54+/m0/s1. The van der Waals surface area contributed by atoms with Crippen LogP contribution < -0.4 is 0 Å². The summed E-state index contributed by atoms with van der Waals surface area (Å²) in [5.74, 6) is -8.98. The Bertz CT molecular complexity index is 1410. The Labute approximate surface area is 427 Å².